The standard InChI is InChI=1S/C13H25NO2/c1-11(2)14-10-6-9-13(15)16-12-7-4-3-5-8-12/h11-12,14H,3-10H2,1-2H3. The molecule has 0 atom stereocenters. The van der Waals surface area contributed by atoms with Crippen molar-refractivity contribution in [3.05, 3.63) is 0 Å². The lowest BCUT2D eigenvalue weighted by molar-refractivity contribution is -0.150. The Hall–Kier alpha value is -0.570. The van der Waals surface area contributed by atoms with Crippen molar-refractivity contribution in [2.24, 2.45) is 0 Å². The average molecular weight is 227 g/mol. The molecule has 0 aromatic heterocycles. The quantitative estimate of drug-likeness (QED) is 0.560. The molecule has 0 amide bonds. The van der Waals surface area contributed by atoms with Crippen molar-refractivity contribution in [3.8, 4) is 0 Å². The van der Waals surface area contributed by atoms with Crippen LogP contribution in [0.3, 0.4) is 0 Å². The molecule has 0 heterocycles. The number of carbonyl (C=O) groups excluding carboxylic acids is 1. The van der Waals surface area contributed by atoms with Crippen LogP contribution in [0.15, 0.2) is 0 Å². The smallest absolute Gasteiger partial charge is 0.306 e. The number of hydrogen-bond donors (Lipinski definition) is 1. The van der Waals surface area contributed by atoms with E-state index in [-0.39, 0.29) is 12.1 Å². The number of esters is 1. The normalized spacial score (nSPS) is 17.7. The summed E-state index contributed by atoms with van der Waals surface area (Å²) < 4.78 is 5.43. The molecule has 0 saturated heterocycles. The molecule has 16 heavy (non-hydrogen) atoms. The van der Waals surface area contributed by atoms with Crippen LogP contribution in [0.25, 0.3) is 0 Å². The number of hydrogen-bond acceptors (Lipinski definition) is 3. The molecule has 0 aliphatic heterocycles. The van der Waals surface area contributed by atoms with Crippen molar-refractivity contribution in [2.45, 2.75) is 70.9 Å². The van der Waals surface area contributed by atoms with Crippen molar-refractivity contribution in [1.29, 1.82) is 0 Å². The fraction of sp³-hybridized carbons (Fsp3) is 0.923. The fourth-order valence-electron chi connectivity index (χ4n) is 2.05. The van der Waals surface area contributed by atoms with Crippen LogP contribution in [-0.4, -0.2) is 24.7 Å². The van der Waals surface area contributed by atoms with Gasteiger partial charge in [-0.3, -0.25) is 4.79 Å². The first-order valence-electron chi connectivity index (χ1n) is 6.61. The highest BCUT2D eigenvalue weighted by Crippen LogP contribution is 2.20. The molecule has 1 N–H and O–H groups in total. The maximum absolute atomic E-state index is 11.5. The summed E-state index contributed by atoms with van der Waals surface area (Å²) in [5.41, 5.74) is 0. The Bertz CT molecular complexity index is 198. The molecule has 0 unspecified atom stereocenters. The molecule has 0 radical (unpaired) electrons. The van der Waals surface area contributed by atoms with Gasteiger partial charge in [-0.1, -0.05) is 20.3 Å². The van der Waals surface area contributed by atoms with Gasteiger partial charge in [-0.2, -0.15) is 0 Å². The van der Waals surface area contributed by atoms with Gasteiger partial charge in [-0.15, -0.1) is 0 Å². The molecule has 0 aromatic rings. The van der Waals surface area contributed by atoms with E-state index in [1.807, 2.05) is 0 Å². The summed E-state index contributed by atoms with van der Waals surface area (Å²) in [5.74, 6) is -0.0162. The highest BCUT2D eigenvalue weighted by molar-refractivity contribution is 5.69. The second-order valence-corrected chi connectivity index (χ2v) is 4.96. The minimum atomic E-state index is -0.0162. The van der Waals surface area contributed by atoms with Crippen LogP contribution < -0.4 is 5.32 Å². The Morgan fingerprint density at radius 2 is 2.00 bits per heavy atom. The maximum atomic E-state index is 11.5. The molecule has 94 valence electrons. The van der Waals surface area contributed by atoms with E-state index in [4.69, 9.17) is 4.74 Å². The van der Waals surface area contributed by atoms with Crippen LogP contribution in [-0.2, 0) is 9.53 Å². The summed E-state index contributed by atoms with van der Waals surface area (Å²) in [4.78, 5) is 11.5. The monoisotopic (exact) mass is 227 g/mol. The van der Waals surface area contributed by atoms with Gasteiger partial charge >= 0.3 is 5.97 Å². The molecule has 3 heteroatoms. The first kappa shape index (κ1) is 13.5. The highest BCUT2D eigenvalue weighted by Gasteiger charge is 2.17. The average Bonchev–Trinajstić information content (AvgIpc) is 2.25. The topological polar surface area (TPSA) is 38.3 Å². The van der Waals surface area contributed by atoms with Gasteiger partial charge in [0.15, 0.2) is 0 Å². The predicted molar refractivity (Wildman–Crippen MR) is 65.3 cm³/mol. The summed E-state index contributed by atoms with van der Waals surface area (Å²) in [5, 5.41) is 3.30. The molecule has 0 spiro atoms. The minimum absolute atomic E-state index is 0.0162. The second kappa shape index (κ2) is 7.66. The Morgan fingerprint density at radius 3 is 2.62 bits per heavy atom. The molecular weight excluding hydrogens is 202 g/mol. The summed E-state index contributed by atoms with van der Waals surface area (Å²) >= 11 is 0. The third-order valence-corrected chi connectivity index (χ3v) is 2.96. The van der Waals surface area contributed by atoms with Crippen LogP contribution in [0.4, 0.5) is 0 Å². The van der Waals surface area contributed by atoms with Gasteiger partial charge in [0.1, 0.15) is 6.10 Å². The fourth-order valence-corrected chi connectivity index (χ4v) is 2.05. The summed E-state index contributed by atoms with van der Waals surface area (Å²) in [6, 6.07) is 0.495. The van der Waals surface area contributed by atoms with Gasteiger partial charge < -0.3 is 10.1 Å². The van der Waals surface area contributed by atoms with Crippen molar-refractivity contribution in [1.82, 2.24) is 5.32 Å². The van der Waals surface area contributed by atoms with E-state index in [0.29, 0.717) is 12.5 Å². The molecule has 1 aliphatic carbocycles. The van der Waals surface area contributed by atoms with Crippen molar-refractivity contribution < 1.29 is 9.53 Å². The van der Waals surface area contributed by atoms with E-state index in [0.717, 1.165) is 25.8 Å². The molecule has 3 nitrogen and oxygen atoms in total. The molecule has 1 fully saturated rings. The summed E-state index contributed by atoms with van der Waals surface area (Å²) in [7, 11) is 0. The van der Waals surface area contributed by atoms with E-state index in [1.54, 1.807) is 0 Å². The highest BCUT2D eigenvalue weighted by atomic mass is 16.5. The predicted octanol–water partition coefficient (Wildman–Crippen LogP) is 2.64. The lowest BCUT2D eigenvalue weighted by atomic mass is 9.98. The number of carbonyl (C=O) groups is 1. The first-order chi connectivity index (χ1) is 7.68. The van der Waals surface area contributed by atoms with E-state index < -0.39 is 0 Å². The SMILES string of the molecule is CC(C)NCCCC(=O)OC1CCCCC1. The van der Waals surface area contributed by atoms with Gasteiger partial charge in [0.05, 0.1) is 0 Å². The van der Waals surface area contributed by atoms with Gasteiger partial charge in [-0.05, 0) is 38.6 Å². The molecule has 0 bridgehead atoms. The van der Waals surface area contributed by atoms with Gasteiger partial charge in [0.2, 0.25) is 0 Å². The van der Waals surface area contributed by atoms with Crippen LogP contribution in [0, 0.1) is 0 Å². The van der Waals surface area contributed by atoms with Crippen LogP contribution in [0.1, 0.15) is 58.8 Å². The zero-order chi connectivity index (χ0) is 11.8. The lowest BCUT2D eigenvalue weighted by Gasteiger charge is -2.21. The number of rotatable bonds is 6. The number of ether oxygens (including phenoxy) is 1. The van der Waals surface area contributed by atoms with Crippen molar-refractivity contribution in [3.63, 3.8) is 0 Å². The van der Waals surface area contributed by atoms with E-state index in [9.17, 15) is 4.79 Å². The van der Waals surface area contributed by atoms with Crippen LogP contribution in [0.5, 0.6) is 0 Å². The van der Waals surface area contributed by atoms with Crippen LogP contribution >= 0.6 is 0 Å². The zero-order valence-corrected chi connectivity index (χ0v) is 10.6. The Morgan fingerprint density at radius 1 is 1.31 bits per heavy atom. The van der Waals surface area contributed by atoms with Gasteiger partial charge in [0, 0.05) is 12.5 Å². The molecule has 1 aliphatic rings. The zero-order valence-electron chi connectivity index (χ0n) is 10.6. The largest absolute Gasteiger partial charge is 0.462 e. The second-order valence-electron chi connectivity index (χ2n) is 4.96. The van der Waals surface area contributed by atoms with E-state index in [2.05, 4.69) is 19.2 Å². The molecule has 0 aromatic carbocycles. The Balaban J connectivity index is 2.01. The first-order valence-corrected chi connectivity index (χ1v) is 6.61. The maximum Gasteiger partial charge on any atom is 0.306 e. The molecular formula is C13H25NO2. The van der Waals surface area contributed by atoms with Crippen molar-refractivity contribution >= 4 is 5.97 Å². The number of nitrogens with one attached hydrogen (secondary N) is 1. The third kappa shape index (κ3) is 6.11. The summed E-state index contributed by atoms with van der Waals surface area (Å²) in [6.45, 7) is 5.12. The Kier molecular flexibility index (Phi) is 6.46. The van der Waals surface area contributed by atoms with E-state index >= 15 is 0 Å². The van der Waals surface area contributed by atoms with Crippen LogP contribution in [0.2, 0.25) is 0 Å². The van der Waals surface area contributed by atoms with Gasteiger partial charge in [0.25, 0.3) is 0 Å². The van der Waals surface area contributed by atoms with Crippen molar-refractivity contribution in [2.75, 3.05) is 6.54 Å². The summed E-state index contributed by atoms with van der Waals surface area (Å²) in [6.07, 6.45) is 7.50. The minimum Gasteiger partial charge on any atom is -0.462 e. The molecule has 1 saturated carbocycles. The molecule has 1 rings (SSSR count). The lowest BCUT2D eigenvalue weighted by Crippen LogP contribution is -2.25. The van der Waals surface area contributed by atoms with E-state index in [1.165, 1.54) is 19.3 Å². The van der Waals surface area contributed by atoms with Gasteiger partial charge in [-0.25, -0.2) is 0 Å². The Labute approximate surface area is 98.9 Å². The third-order valence-electron chi connectivity index (χ3n) is 2.96.